The molecule has 0 aromatic heterocycles. The van der Waals surface area contributed by atoms with E-state index in [4.69, 9.17) is 9.47 Å². The molecule has 0 saturated carbocycles. The summed E-state index contributed by atoms with van der Waals surface area (Å²) in [4.78, 5) is 26.0. The molecular formula is C20H25N3O4. The summed E-state index contributed by atoms with van der Waals surface area (Å²) in [5.74, 6) is 0.622. The van der Waals surface area contributed by atoms with Crippen LogP contribution in [0.15, 0.2) is 42.5 Å². The number of hydrogen-bond donors (Lipinski definition) is 2. The molecule has 7 heteroatoms. The molecule has 0 spiro atoms. The summed E-state index contributed by atoms with van der Waals surface area (Å²) in [7, 11) is 6.98. The van der Waals surface area contributed by atoms with Crippen LogP contribution >= 0.6 is 0 Å². The molecule has 0 atom stereocenters. The molecule has 2 aromatic rings. The number of benzene rings is 2. The summed E-state index contributed by atoms with van der Waals surface area (Å²) < 4.78 is 10.4. The highest BCUT2D eigenvalue weighted by molar-refractivity contribution is 5.94. The molecule has 2 aromatic carbocycles. The van der Waals surface area contributed by atoms with Gasteiger partial charge in [0.2, 0.25) is 11.8 Å². The fraction of sp³-hybridized carbons (Fsp3) is 0.300. The van der Waals surface area contributed by atoms with Gasteiger partial charge in [0, 0.05) is 25.5 Å². The number of carbonyl (C=O) groups excluding carboxylic acids is 2. The lowest BCUT2D eigenvalue weighted by Gasteiger charge is -2.13. The average Bonchev–Trinajstić information content (AvgIpc) is 2.66. The molecule has 2 amide bonds. The fourth-order valence-electron chi connectivity index (χ4n) is 2.47. The molecule has 2 N–H and O–H groups in total. The molecule has 0 aliphatic rings. The van der Waals surface area contributed by atoms with Crippen LogP contribution < -0.4 is 25.0 Å². The molecule has 144 valence electrons. The van der Waals surface area contributed by atoms with Crippen LogP contribution in [-0.2, 0) is 16.0 Å². The van der Waals surface area contributed by atoms with E-state index in [2.05, 4.69) is 10.6 Å². The third-order valence-electron chi connectivity index (χ3n) is 3.93. The van der Waals surface area contributed by atoms with Crippen LogP contribution in [0, 0.1) is 0 Å². The number of anilines is 2. The summed E-state index contributed by atoms with van der Waals surface area (Å²) in [5.41, 5.74) is 2.49. The van der Waals surface area contributed by atoms with Crippen LogP contribution in [-0.4, -0.2) is 46.7 Å². The third kappa shape index (κ3) is 5.91. The van der Waals surface area contributed by atoms with Gasteiger partial charge in [0.1, 0.15) is 0 Å². The number of carbonyl (C=O) groups is 2. The maximum absolute atomic E-state index is 12.1. The zero-order valence-electron chi connectivity index (χ0n) is 16.0. The van der Waals surface area contributed by atoms with E-state index in [9.17, 15) is 9.59 Å². The van der Waals surface area contributed by atoms with E-state index in [0.29, 0.717) is 17.2 Å². The molecule has 0 unspecified atom stereocenters. The molecule has 0 radical (unpaired) electrons. The van der Waals surface area contributed by atoms with Crippen LogP contribution in [0.5, 0.6) is 11.5 Å². The second-order valence-corrected chi connectivity index (χ2v) is 6.13. The minimum absolute atomic E-state index is 0.0957. The third-order valence-corrected chi connectivity index (χ3v) is 3.93. The molecule has 7 nitrogen and oxygen atoms in total. The minimum atomic E-state index is -0.284. The lowest BCUT2D eigenvalue weighted by atomic mass is 10.1. The van der Waals surface area contributed by atoms with Gasteiger partial charge in [0.25, 0.3) is 0 Å². The first-order chi connectivity index (χ1) is 12.9. The highest BCUT2D eigenvalue weighted by atomic mass is 16.5. The normalized spacial score (nSPS) is 10.1. The Morgan fingerprint density at radius 3 is 2.19 bits per heavy atom. The van der Waals surface area contributed by atoms with E-state index in [1.54, 1.807) is 25.3 Å². The Morgan fingerprint density at radius 2 is 1.59 bits per heavy atom. The van der Waals surface area contributed by atoms with E-state index >= 15 is 0 Å². The van der Waals surface area contributed by atoms with Gasteiger partial charge in [-0.3, -0.25) is 9.59 Å². The van der Waals surface area contributed by atoms with Crippen LogP contribution in [0.4, 0.5) is 11.4 Å². The average molecular weight is 371 g/mol. The smallest absolute Gasteiger partial charge is 0.243 e. The molecule has 0 aliphatic carbocycles. The van der Waals surface area contributed by atoms with Crippen LogP contribution in [0.25, 0.3) is 0 Å². The van der Waals surface area contributed by atoms with Crippen molar-refractivity contribution >= 4 is 23.2 Å². The molecule has 0 saturated heterocycles. The highest BCUT2D eigenvalue weighted by Crippen LogP contribution is 2.27. The Morgan fingerprint density at radius 1 is 0.926 bits per heavy atom. The summed E-state index contributed by atoms with van der Waals surface area (Å²) >= 11 is 0. The lowest BCUT2D eigenvalue weighted by molar-refractivity contribution is -0.123. The van der Waals surface area contributed by atoms with Crippen LogP contribution in [0.3, 0.4) is 0 Å². The number of methoxy groups -OCH3 is 2. The SMILES string of the molecule is COc1ccc(CC(=O)NCC(=O)Nc2ccc(N(C)C)cc2)cc1OC. The maximum Gasteiger partial charge on any atom is 0.243 e. The van der Waals surface area contributed by atoms with Gasteiger partial charge in [-0.1, -0.05) is 6.07 Å². The second-order valence-electron chi connectivity index (χ2n) is 6.13. The van der Waals surface area contributed by atoms with Crippen molar-refractivity contribution in [1.82, 2.24) is 5.32 Å². The number of ether oxygens (including phenoxy) is 2. The standard InChI is InChI=1S/C20H25N3O4/c1-23(2)16-8-6-15(7-9-16)22-20(25)13-21-19(24)12-14-5-10-17(26-3)18(11-14)27-4/h5-11H,12-13H2,1-4H3,(H,21,24)(H,22,25). The maximum atomic E-state index is 12.1. The predicted molar refractivity (Wildman–Crippen MR) is 106 cm³/mol. The van der Waals surface area contributed by atoms with E-state index in [1.165, 1.54) is 7.11 Å². The van der Waals surface area contributed by atoms with Gasteiger partial charge >= 0.3 is 0 Å². The van der Waals surface area contributed by atoms with Crippen molar-refractivity contribution < 1.29 is 19.1 Å². The predicted octanol–water partition coefficient (Wildman–Crippen LogP) is 2.07. The van der Waals surface area contributed by atoms with Gasteiger partial charge in [0.05, 0.1) is 27.2 Å². The first-order valence-corrected chi connectivity index (χ1v) is 8.47. The first kappa shape index (κ1) is 20.1. The van der Waals surface area contributed by atoms with Gasteiger partial charge in [-0.2, -0.15) is 0 Å². The van der Waals surface area contributed by atoms with Crippen LogP contribution in [0.2, 0.25) is 0 Å². The summed E-state index contributed by atoms with van der Waals surface area (Å²) in [6.45, 7) is -0.0957. The van der Waals surface area contributed by atoms with Crippen molar-refractivity contribution in [1.29, 1.82) is 0 Å². The van der Waals surface area contributed by atoms with Crippen LogP contribution in [0.1, 0.15) is 5.56 Å². The van der Waals surface area contributed by atoms with Crippen molar-refractivity contribution in [3.63, 3.8) is 0 Å². The highest BCUT2D eigenvalue weighted by Gasteiger charge is 2.10. The van der Waals surface area contributed by atoms with Crippen molar-refractivity contribution in [2.24, 2.45) is 0 Å². The molecule has 27 heavy (non-hydrogen) atoms. The molecule has 0 heterocycles. The molecular weight excluding hydrogens is 346 g/mol. The van der Waals surface area contributed by atoms with Gasteiger partial charge in [-0.25, -0.2) is 0 Å². The Balaban J connectivity index is 1.83. The van der Waals surface area contributed by atoms with Gasteiger partial charge < -0.3 is 25.0 Å². The Bertz CT molecular complexity index is 788. The monoisotopic (exact) mass is 371 g/mol. The topological polar surface area (TPSA) is 79.9 Å². The van der Waals surface area contributed by atoms with Crippen molar-refractivity contribution in [2.45, 2.75) is 6.42 Å². The number of amides is 2. The molecule has 0 aliphatic heterocycles. The number of hydrogen-bond acceptors (Lipinski definition) is 5. The van der Waals surface area contributed by atoms with Crippen molar-refractivity contribution in [3.05, 3.63) is 48.0 Å². The van der Waals surface area contributed by atoms with Gasteiger partial charge in [-0.15, -0.1) is 0 Å². The summed E-state index contributed by atoms with van der Waals surface area (Å²) in [6, 6.07) is 12.7. The quantitative estimate of drug-likeness (QED) is 0.743. The van der Waals surface area contributed by atoms with Crippen molar-refractivity contribution in [3.8, 4) is 11.5 Å². The molecule has 0 fully saturated rings. The summed E-state index contributed by atoms with van der Waals surface area (Å²) in [6.07, 6.45) is 0.144. The number of nitrogens with one attached hydrogen (secondary N) is 2. The molecule has 0 bridgehead atoms. The zero-order valence-corrected chi connectivity index (χ0v) is 16.0. The van der Waals surface area contributed by atoms with E-state index < -0.39 is 0 Å². The minimum Gasteiger partial charge on any atom is -0.493 e. The lowest BCUT2D eigenvalue weighted by Crippen LogP contribution is -2.33. The Kier molecular flexibility index (Phi) is 7.05. The number of rotatable bonds is 8. The largest absolute Gasteiger partial charge is 0.493 e. The van der Waals surface area contributed by atoms with Crippen molar-refractivity contribution in [2.75, 3.05) is 45.1 Å². The first-order valence-electron chi connectivity index (χ1n) is 8.47. The van der Waals surface area contributed by atoms with Gasteiger partial charge in [0.15, 0.2) is 11.5 Å². The second kappa shape index (κ2) is 9.47. The van der Waals surface area contributed by atoms with E-state index in [1.807, 2.05) is 43.3 Å². The Hall–Kier alpha value is -3.22. The zero-order chi connectivity index (χ0) is 19.8. The molecule has 2 rings (SSSR count). The van der Waals surface area contributed by atoms with E-state index in [-0.39, 0.29) is 24.8 Å². The number of nitrogens with zero attached hydrogens (tertiary/aromatic N) is 1. The summed E-state index contributed by atoms with van der Waals surface area (Å²) in [5, 5.41) is 5.37. The Labute approximate surface area is 159 Å². The fourth-order valence-corrected chi connectivity index (χ4v) is 2.47. The van der Waals surface area contributed by atoms with E-state index in [0.717, 1.165) is 11.3 Å². The van der Waals surface area contributed by atoms with Gasteiger partial charge in [-0.05, 0) is 42.0 Å².